The number of methoxy groups -OCH3 is 4. The smallest absolute Gasteiger partial charge is 0.418 e. The number of benzene rings is 1. The standard InChI is InChI=1S/C21H24F3NO5/c1-6-7-8-12-9-14(27-2)19(29-4)20(30-5)16(12)18(26)17-13(21(22,23)24)10-25-11-15(17)28-3/h9-11H,6-8H2,1-5H3. The van der Waals surface area contributed by atoms with E-state index in [0.29, 0.717) is 30.4 Å². The second-order valence-electron chi connectivity index (χ2n) is 6.37. The lowest BCUT2D eigenvalue weighted by atomic mass is 9.91. The van der Waals surface area contributed by atoms with E-state index in [9.17, 15) is 18.0 Å². The summed E-state index contributed by atoms with van der Waals surface area (Å²) in [5.74, 6) is -0.751. The van der Waals surface area contributed by atoms with Gasteiger partial charge in [0.1, 0.15) is 5.75 Å². The van der Waals surface area contributed by atoms with Crippen LogP contribution in [0.1, 0.15) is 46.8 Å². The molecular weight excluding hydrogens is 403 g/mol. The second kappa shape index (κ2) is 9.69. The number of carbonyl (C=O) groups excluding carboxylic acids is 1. The molecule has 2 aromatic rings. The molecule has 0 saturated heterocycles. The molecule has 164 valence electrons. The van der Waals surface area contributed by atoms with Crippen LogP contribution >= 0.6 is 0 Å². The Labute approximate surface area is 172 Å². The molecule has 0 aliphatic heterocycles. The number of halogens is 3. The Bertz CT molecular complexity index is 912. The highest BCUT2D eigenvalue weighted by Crippen LogP contribution is 2.45. The van der Waals surface area contributed by atoms with Gasteiger partial charge in [0, 0.05) is 6.20 Å². The molecule has 6 nitrogen and oxygen atoms in total. The predicted octanol–water partition coefficient (Wildman–Crippen LogP) is 4.71. The molecule has 0 unspecified atom stereocenters. The van der Waals surface area contributed by atoms with E-state index in [1.165, 1.54) is 28.4 Å². The topological polar surface area (TPSA) is 66.9 Å². The monoisotopic (exact) mass is 427 g/mol. The fraction of sp³-hybridized carbons (Fsp3) is 0.429. The second-order valence-corrected chi connectivity index (χ2v) is 6.37. The van der Waals surface area contributed by atoms with Crippen molar-refractivity contribution in [3.05, 3.63) is 40.7 Å². The van der Waals surface area contributed by atoms with Crippen LogP contribution in [0.15, 0.2) is 18.5 Å². The van der Waals surface area contributed by atoms with Crippen LogP contribution in [-0.2, 0) is 12.6 Å². The van der Waals surface area contributed by atoms with Crippen molar-refractivity contribution in [2.45, 2.75) is 32.4 Å². The minimum absolute atomic E-state index is 0.0000529. The van der Waals surface area contributed by atoms with Gasteiger partial charge in [-0.05, 0) is 24.5 Å². The van der Waals surface area contributed by atoms with Gasteiger partial charge in [-0.3, -0.25) is 9.78 Å². The maximum absolute atomic E-state index is 13.7. The largest absolute Gasteiger partial charge is 0.494 e. The lowest BCUT2D eigenvalue weighted by Gasteiger charge is -2.21. The number of aryl methyl sites for hydroxylation is 1. The molecule has 0 spiro atoms. The molecule has 1 aromatic carbocycles. The molecule has 30 heavy (non-hydrogen) atoms. The summed E-state index contributed by atoms with van der Waals surface area (Å²) in [5, 5.41) is 0. The molecule has 1 heterocycles. The van der Waals surface area contributed by atoms with Gasteiger partial charge in [0.2, 0.25) is 11.5 Å². The summed E-state index contributed by atoms with van der Waals surface area (Å²) in [6.07, 6.45) is -1.17. The van der Waals surface area contributed by atoms with Crippen LogP contribution in [0.25, 0.3) is 0 Å². The van der Waals surface area contributed by atoms with Crippen molar-refractivity contribution < 1.29 is 36.9 Å². The van der Waals surface area contributed by atoms with E-state index in [1.807, 2.05) is 6.92 Å². The maximum Gasteiger partial charge on any atom is 0.418 e. The minimum atomic E-state index is -4.81. The lowest BCUT2D eigenvalue weighted by Crippen LogP contribution is -2.18. The number of nitrogens with zero attached hydrogens (tertiary/aromatic N) is 1. The number of ether oxygens (including phenoxy) is 4. The Hall–Kier alpha value is -2.97. The summed E-state index contributed by atoms with van der Waals surface area (Å²) < 4.78 is 62.1. The van der Waals surface area contributed by atoms with Gasteiger partial charge >= 0.3 is 6.18 Å². The number of pyridine rings is 1. The molecule has 0 atom stereocenters. The Morgan fingerprint density at radius 1 is 0.933 bits per heavy atom. The summed E-state index contributed by atoms with van der Waals surface area (Å²) in [6.45, 7) is 1.97. The zero-order valence-electron chi connectivity index (χ0n) is 17.5. The van der Waals surface area contributed by atoms with Crippen LogP contribution in [0.4, 0.5) is 13.2 Å². The average Bonchev–Trinajstić information content (AvgIpc) is 2.74. The zero-order valence-corrected chi connectivity index (χ0v) is 17.5. The molecule has 2 rings (SSSR count). The van der Waals surface area contributed by atoms with Crippen molar-refractivity contribution in [3.8, 4) is 23.0 Å². The van der Waals surface area contributed by atoms with E-state index in [1.54, 1.807) is 6.07 Å². The maximum atomic E-state index is 13.7. The van der Waals surface area contributed by atoms with Crippen LogP contribution in [0.2, 0.25) is 0 Å². The Morgan fingerprint density at radius 2 is 1.57 bits per heavy atom. The Balaban J connectivity index is 2.88. The summed E-state index contributed by atoms with van der Waals surface area (Å²) in [7, 11) is 5.27. The quantitative estimate of drug-likeness (QED) is 0.540. The minimum Gasteiger partial charge on any atom is -0.494 e. The van der Waals surface area contributed by atoms with E-state index in [0.717, 1.165) is 12.6 Å². The van der Waals surface area contributed by atoms with Crippen molar-refractivity contribution in [2.75, 3.05) is 28.4 Å². The van der Waals surface area contributed by atoms with Crippen LogP contribution < -0.4 is 18.9 Å². The van der Waals surface area contributed by atoms with Crippen LogP contribution in [0.5, 0.6) is 23.0 Å². The van der Waals surface area contributed by atoms with Gasteiger partial charge in [-0.25, -0.2) is 0 Å². The molecule has 9 heteroatoms. The van der Waals surface area contributed by atoms with Gasteiger partial charge in [-0.1, -0.05) is 13.3 Å². The summed E-state index contributed by atoms with van der Waals surface area (Å²) in [4.78, 5) is 17.1. The predicted molar refractivity (Wildman–Crippen MR) is 104 cm³/mol. The fourth-order valence-corrected chi connectivity index (χ4v) is 3.19. The third-order valence-electron chi connectivity index (χ3n) is 4.60. The summed E-state index contributed by atoms with van der Waals surface area (Å²) in [5.41, 5.74) is -1.37. The fourth-order valence-electron chi connectivity index (χ4n) is 3.19. The van der Waals surface area contributed by atoms with Gasteiger partial charge in [0.15, 0.2) is 11.5 Å². The Kier molecular flexibility index (Phi) is 7.53. The van der Waals surface area contributed by atoms with Crippen molar-refractivity contribution in [2.24, 2.45) is 0 Å². The first-order valence-corrected chi connectivity index (χ1v) is 9.20. The van der Waals surface area contributed by atoms with E-state index < -0.39 is 23.1 Å². The van der Waals surface area contributed by atoms with Gasteiger partial charge in [-0.2, -0.15) is 13.2 Å². The highest BCUT2D eigenvalue weighted by Gasteiger charge is 2.39. The number of rotatable bonds is 9. The molecule has 0 aliphatic rings. The molecule has 0 aliphatic carbocycles. The van der Waals surface area contributed by atoms with Crippen LogP contribution in [-0.4, -0.2) is 39.2 Å². The highest BCUT2D eigenvalue weighted by molar-refractivity contribution is 6.14. The lowest BCUT2D eigenvalue weighted by molar-refractivity contribution is -0.138. The van der Waals surface area contributed by atoms with Gasteiger partial charge < -0.3 is 18.9 Å². The zero-order chi connectivity index (χ0) is 22.5. The number of unbranched alkanes of at least 4 members (excludes halogenated alkanes) is 1. The van der Waals surface area contributed by atoms with Crippen molar-refractivity contribution in [1.29, 1.82) is 0 Å². The van der Waals surface area contributed by atoms with E-state index in [4.69, 9.17) is 18.9 Å². The molecule has 0 bridgehead atoms. The SMILES string of the molecule is CCCCc1cc(OC)c(OC)c(OC)c1C(=O)c1c(OC)cncc1C(F)(F)F. The normalized spacial score (nSPS) is 11.2. The van der Waals surface area contributed by atoms with E-state index >= 15 is 0 Å². The number of carbonyl (C=O) groups is 1. The summed E-state index contributed by atoms with van der Waals surface area (Å²) >= 11 is 0. The first kappa shape index (κ1) is 23.3. The Morgan fingerprint density at radius 3 is 2.07 bits per heavy atom. The number of alkyl halides is 3. The third kappa shape index (κ3) is 4.44. The van der Waals surface area contributed by atoms with Gasteiger partial charge in [0.25, 0.3) is 0 Å². The number of aromatic nitrogens is 1. The molecule has 0 fully saturated rings. The number of hydrogen-bond donors (Lipinski definition) is 0. The number of hydrogen-bond acceptors (Lipinski definition) is 6. The van der Waals surface area contributed by atoms with E-state index in [-0.39, 0.29) is 22.8 Å². The van der Waals surface area contributed by atoms with E-state index in [2.05, 4.69) is 4.98 Å². The van der Waals surface area contributed by atoms with Crippen LogP contribution in [0, 0.1) is 0 Å². The molecule has 0 radical (unpaired) electrons. The molecule has 1 aromatic heterocycles. The first-order valence-electron chi connectivity index (χ1n) is 9.20. The van der Waals surface area contributed by atoms with Crippen molar-refractivity contribution in [3.63, 3.8) is 0 Å². The summed E-state index contributed by atoms with van der Waals surface area (Å²) in [6, 6.07) is 1.59. The molecule has 0 amide bonds. The highest BCUT2D eigenvalue weighted by atomic mass is 19.4. The number of ketones is 1. The average molecular weight is 427 g/mol. The molecular formula is C21H24F3NO5. The first-order chi connectivity index (χ1) is 14.2. The van der Waals surface area contributed by atoms with Crippen molar-refractivity contribution in [1.82, 2.24) is 4.98 Å². The van der Waals surface area contributed by atoms with Gasteiger partial charge in [0.05, 0.1) is 51.3 Å². The third-order valence-corrected chi connectivity index (χ3v) is 4.60. The van der Waals surface area contributed by atoms with Crippen molar-refractivity contribution >= 4 is 5.78 Å². The van der Waals surface area contributed by atoms with Gasteiger partial charge in [-0.15, -0.1) is 0 Å². The van der Waals surface area contributed by atoms with Crippen LogP contribution in [0.3, 0.4) is 0 Å². The molecule has 0 N–H and O–H groups in total. The molecule has 0 saturated carbocycles.